The van der Waals surface area contributed by atoms with Gasteiger partial charge in [0, 0.05) is 13.1 Å². The molecule has 2 aromatic rings. The van der Waals surface area contributed by atoms with Gasteiger partial charge in [-0.2, -0.15) is 5.26 Å². The number of ether oxygens (including phenoxy) is 1. The van der Waals surface area contributed by atoms with E-state index in [0.717, 1.165) is 31.7 Å². The first-order valence-electron chi connectivity index (χ1n) is 8.12. The number of hydrogen-bond acceptors (Lipinski definition) is 3. The number of likely N-dealkylation sites (tertiary alicyclic amines) is 1. The summed E-state index contributed by atoms with van der Waals surface area (Å²) in [5, 5.41) is 9.17. The minimum absolute atomic E-state index is 0.0376. The highest BCUT2D eigenvalue weighted by molar-refractivity contribution is 5.96. The van der Waals surface area contributed by atoms with Gasteiger partial charge in [-0.3, -0.25) is 4.79 Å². The van der Waals surface area contributed by atoms with Gasteiger partial charge in [0.05, 0.1) is 24.3 Å². The Kier molecular flexibility index (Phi) is 4.81. The van der Waals surface area contributed by atoms with Gasteiger partial charge in [0.1, 0.15) is 5.75 Å². The predicted octanol–water partition coefficient (Wildman–Crippen LogP) is 3.27. The van der Waals surface area contributed by atoms with Crippen LogP contribution >= 0.6 is 0 Å². The highest BCUT2D eigenvalue weighted by Crippen LogP contribution is 2.24. The zero-order valence-electron chi connectivity index (χ0n) is 13.7. The molecule has 1 atom stereocenters. The number of amides is 1. The summed E-state index contributed by atoms with van der Waals surface area (Å²) >= 11 is 0. The fourth-order valence-corrected chi connectivity index (χ4v) is 3.22. The molecule has 3 rings (SSSR count). The molecular formula is C20H20N2O2. The summed E-state index contributed by atoms with van der Waals surface area (Å²) in [5.41, 5.74) is 2.21. The first kappa shape index (κ1) is 16.1. The van der Waals surface area contributed by atoms with Crippen LogP contribution in [-0.2, 0) is 6.42 Å². The normalized spacial score (nSPS) is 16.7. The van der Waals surface area contributed by atoms with Crippen LogP contribution in [0.15, 0.2) is 48.5 Å². The van der Waals surface area contributed by atoms with E-state index in [1.807, 2.05) is 17.0 Å². The van der Waals surface area contributed by atoms with Gasteiger partial charge in [-0.15, -0.1) is 0 Å². The maximum Gasteiger partial charge on any atom is 0.255 e. The Balaban J connectivity index is 1.64. The second kappa shape index (κ2) is 7.18. The van der Waals surface area contributed by atoms with E-state index in [2.05, 4.69) is 18.2 Å². The number of rotatable bonds is 4. The van der Waals surface area contributed by atoms with Crippen molar-refractivity contribution in [1.29, 1.82) is 5.26 Å². The molecule has 1 amide bonds. The number of carbonyl (C=O) groups excluding carboxylic acids is 1. The number of nitriles is 1. The molecule has 1 fully saturated rings. The van der Waals surface area contributed by atoms with E-state index in [-0.39, 0.29) is 5.91 Å². The quantitative estimate of drug-likeness (QED) is 0.869. The summed E-state index contributed by atoms with van der Waals surface area (Å²) in [7, 11) is 1.66. The van der Waals surface area contributed by atoms with Gasteiger partial charge in [-0.05, 0) is 48.6 Å². The lowest BCUT2D eigenvalue weighted by Crippen LogP contribution is -2.29. The molecule has 0 N–H and O–H groups in total. The first-order valence-corrected chi connectivity index (χ1v) is 8.12. The molecule has 4 heteroatoms. The summed E-state index contributed by atoms with van der Waals surface area (Å²) in [5.74, 6) is 1.27. The van der Waals surface area contributed by atoms with Crippen LogP contribution < -0.4 is 4.74 Å². The van der Waals surface area contributed by atoms with Crippen molar-refractivity contribution in [1.82, 2.24) is 4.90 Å². The molecule has 1 aliphatic heterocycles. The molecule has 2 aromatic carbocycles. The first-order chi connectivity index (χ1) is 11.7. The second-order valence-corrected chi connectivity index (χ2v) is 6.12. The van der Waals surface area contributed by atoms with Crippen molar-refractivity contribution >= 4 is 5.91 Å². The lowest BCUT2D eigenvalue weighted by molar-refractivity contribution is 0.0787. The van der Waals surface area contributed by atoms with Crippen molar-refractivity contribution in [2.75, 3.05) is 20.2 Å². The Morgan fingerprint density at radius 1 is 1.25 bits per heavy atom. The fourth-order valence-electron chi connectivity index (χ4n) is 3.22. The molecule has 0 aromatic heterocycles. The summed E-state index contributed by atoms with van der Waals surface area (Å²) < 4.78 is 5.18. The Morgan fingerprint density at radius 3 is 2.71 bits per heavy atom. The summed E-state index contributed by atoms with van der Waals surface area (Å²) in [6.45, 7) is 1.49. The van der Waals surface area contributed by atoms with E-state index in [1.165, 1.54) is 5.56 Å². The van der Waals surface area contributed by atoms with Crippen molar-refractivity contribution in [3.8, 4) is 11.8 Å². The number of nitrogens with zero attached hydrogens (tertiary/aromatic N) is 2. The van der Waals surface area contributed by atoms with Gasteiger partial charge >= 0.3 is 0 Å². The fraction of sp³-hybridized carbons (Fsp3) is 0.300. The van der Waals surface area contributed by atoms with Crippen LogP contribution in [0.25, 0.3) is 0 Å². The molecular weight excluding hydrogens is 300 g/mol. The van der Waals surface area contributed by atoms with E-state index in [1.54, 1.807) is 31.4 Å². The average molecular weight is 320 g/mol. The molecule has 0 saturated carbocycles. The van der Waals surface area contributed by atoms with Gasteiger partial charge in [-0.1, -0.05) is 24.3 Å². The number of methoxy groups -OCH3 is 1. The van der Waals surface area contributed by atoms with Crippen LogP contribution in [0.3, 0.4) is 0 Å². The summed E-state index contributed by atoms with van der Waals surface area (Å²) in [4.78, 5) is 14.5. The summed E-state index contributed by atoms with van der Waals surface area (Å²) in [6, 6.07) is 17.2. The third kappa shape index (κ3) is 3.41. The molecule has 1 aliphatic rings. The molecule has 1 heterocycles. The van der Waals surface area contributed by atoms with Gasteiger partial charge in [-0.25, -0.2) is 0 Å². The lowest BCUT2D eigenvalue weighted by Gasteiger charge is -2.17. The van der Waals surface area contributed by atoms with E-state index in [0.29, 0.717) is 17.0 Å². The standard InChI is InChI=1S/C20H20N2O2/c1-24-18-8-6-15(7-9-18)12-16-10-11-22(14-16)20(23)19-5-3-2-4-17(19)13-21/h2-9,16H,10-12,14H2,1H3. The molecule has 24 heavy (non-hydrogen) atoms. The number of carbonyl (C=O) groups is 1. The van der Waals surface area contributed by atoms with E-state index >= 15 is 0 Å². The molecule has 0 spiro atoms. The Labute approximate surface area is 142 Å². The molecule has 0 bridgehead atoms. The number of benzene rings is 2. The molecule has 0 radical (unpaired) electrons. The largest absolute Gasteiger partial charge is 0.497 e. The zero-order valence-corrected chi connectivity index (χ0v) is 13.7. The third-order valence-corrected chi connectivity index (χ3v) is 4.53. The van der Waals surface area contributed by atoms with Gasteiger partial charge in [0.15, 0.2) is 0 Å². The van der Waals surface area contributed by atoms with Gasteiger partial charge < -0.3 is 9.64 Å². The Morgan fingerprint density at radius 2 is 2.00 bits per heavy atom. The Bertz CT molecular complexity index is 762. The maximum absolute atomic E-state index is 12.7. The number of hydrogen-bond donors (Lipinski definition) is 0. The average Bonchev–Trinajstić information content (AvgIpc) is 3.10. The van der Waals surface area contributed by atoms with Crippen LogP contribution in [0.2, 0.25) is 0 Å². The van der Waals surface area contributed by atoms with Crippen LogP contribution in [0, 0.1) is 17.2 Å². The van der Waals surface area contributed by atoms with Crippen LogP contribution in [0.1, 0.15) is 27.9 Å². The minimum atomic E-state index is -0.0376. The van der Waals surface area contributed by atoms with Crippen molar-refractivity contribution in [3.63, 3.8) is 0 Å². The van der Waals surface area contributed by atoms with Crippen molar-refractivity contribution in [2.24, 2.45) is 5.92 Å². The van der Waals surface area contributed by atoms with E-state index < -0.39 is 0 Å². The topological polar surface area (TPSA) is 53.3 Å². The lowest BCUT2D eigenvalue weighted by atomic mass is 9.99. The molecule has 122 valence electrons. The summed E-state index contributed by atoms with van der Waals surface area (Å²) in [6.07, 6.45) is 1.94. The molecule has 4 nitrogen and oxygen atoms in total. The second-order valence-electron chi connectivity index (χ2n) is 6.12. The molecule has 0 aliphatic carbocycles. The Hall–Kier alpha value is -2.80. The highest BCUT2D eigenvalue weighted by atomic mass is 16.5. The monoisotopic (exact) mass is 320 g/mol. The van der Waals surface area contributed by atoms with Crippen LogP contribution in [0.5, 0.6) is 5.75 Å². The predicted molar refractivity (Wildman–Crippen MR) is 91.9 cm³/mol. The third-order valence-electron chi connectivity index (χ3n) is 4.53. The van der Waals surface area contributed by atoms with Crippen molar-refractivity contribution in [2.45, 2.75) is 12.8 Å². The maximum atomic E-state index is 12.7. The van der Waals surface area contributed by atoms with Crippen molar-refractivity contribution in [3.05, 3.63) is 65.2 Å². The van der Waals surface area contributed by atoms with Gasteiger partial charge in [0.25, 0.3) is 5.91 Å². The smallest absolute Gasteiger partial charge is 0.255 e. The van der Waals surface area contributed by atoms with Crippen LogP contribution in [-0.4, -0.2) is 31.0 Å². The minimum Gasteiger partial charge on any atom is -0.497 e. The van der Waals surface area contributed by atoms with Crippen LogP contribution in [0.4, 0.5) is 0 Å². The zero-order chi connectivity index (χ0) is 16.9. The molecule has 1 saturated heterocycles. The SMILES string of the molecule is COc1ccc(CC2CCN(C(=O)c3ccccc3C#N)C2)cc1. The van der Waals surface area contributed by atoms with Crippen molar-refractivity contribution < 1.29 is 9.53 Å². The van der Waals surface area contributed by atoms with E-state index in [9.17, 15) is 4.79 Å². The molecule has 1 unspecified atom stereocenters. The van der Waals surface area contributed by atoms with Gasteiger partial charge in [0.2, 0.25) is 0 Å². The van der Waals surface area contributed by atoms with E-state index in [4.69, 9.17) is 10.00 Å². The highest BCUT2D eigenvalue weighted by Gasteiger charge is 2.28.